The smallest absolute Gasteiger partial charge is 0.355 e. The number of likely N-dealkylation sites (N-methyl/N-ethyl adjacent to an activating group) is 1. The Morgan fingerprint density at radius 2 is 2.03 bits per heavy atom. The molecule has 0 saturated carbocycles. The molecular formula is C19H26F3N7O. The molecule has 1 heterocycles. The number of nitrogens with zero attached hydrogens (tertiary/aromatic N) is 5. The van der Waals surface area contributed by atoms with Crippen LogP contribution in [-0.4, -0.2) is 58.7 Å². The van der Waals surface area contributed by atoms with Gasteiger partial charge in [0.15, 0.2) is 5.96 Å². The standard InChI is InChI=1S/C19H26F3N7O/c1-4-16-27-26-13-29(16)9-8-23-18(25-12-17(30)28(2)3)24-11-14-6-5-7-15(10-14)19(20,21)22/h5-7,10,13H,4,8-9,11-12H2,1-3H3,(H2,23,24,25). The van der Waals surface area contributed by atoms with Gasteiger partial charge in [0.2, 0.25) is 5.91 Å². The number of rotatable bonds is 8. The monoisotopic (exact) mass is 425 g/mol. The van der Waals surface area contributed by atoms with Crippen LogP contribution in [0.4, 0.5) is 13.2 Å². The molecule has 0 radical (unpaired) electrons. The van der Waals surface area contributed by atoms with Gasteiger partial charge >= 0.3 is 6.18 Å². The van der Waals surface area contributed by atoms with Crippen molar-refractivity contribution in [3.05, 3.63) is 47.5 Å². The van der Waals surface area contributed by atoms with Gasteiger partial charge in [-0.2, -0.15) is 13.2 Å². The third-order valence-electron chi connectivity index (χ3n) is 4.24. The molecule has 164 valence electrons. The van der Waals surface area contributed by atoms with E-state index in [1.54, 1.807) is 26.5 Å². The maximum Gasteiger partial charge on any atom is 0.416 e. The minimum atomic E-state index is -4.41. The molecule has 1 aromatic heterocycles. The lowest BCUT2D eigenvalue weighted by molar-refractivity contribution is -0.137. The summed E-state index contributed by atoms with van der Waals surface area (Å²) in [4.78, 5) is 17.6. The molecule has 0 fully saturated rings. The number of aromatic nitrogens is 3. The number of guanidine groups is 1. The van der Waals surface area contributed by atoms with E-state index in [4.69, 9.17) is 0 Å². The number of aryl methyl sites for hydroxylation is 1. The van der Waals surface area contributed by atoms with Gasteiger partial charge in [0.25, 0.3) is 0 Å². The number of amides is 1. The molecular weight excluding hydrogens is 399 g/mol. The quantitative estimate of drug-likeness (QED) is 0.497. The Bertz CT molecular complexity index is 862. The van der Waals surface area contributed by atoms with Crippen molar-refractivity contribution < 1.29 is 18.0 Å². The van der Waals surface area contributed by atoms with Crippen molar-refractivity contribution in [3.63, 3.8) is 0 Å². The van der Waals surface area contributed by atoms with Gasteiger partial charge in [-0.3, -0.25) is 4.79 Å². The van der Waals surface area contributed by atoms with Gasteiger partial charge in [-0.1, -0.05) is 19.1 Å². The summed E-state index contributed by atoms with van der Waals surface area (Å²) in [7, 11) is 3.27. The van der Waals surface area contributed by atoms with Crippen molar-refractivity contribution in [1.82, 2.24) is 30.3 Å². The second-order valence-electron chi connectivity index (χ2n) is 6.73. The summed E-state index contributed by atoms with van der Waals surface area (Å²) in [5.41, 5.74) is -0.308. The van der Waals surface area contributed by atoms with E-state index in [9.17, 15) is 18.0 Å². The lowest BCUT2D eigenvalue weighted by Crippen LogP contribution is -2.43. The Kier molecular flexibility index (Phi) is 8.19. The summed E-state index contributed by atoms with van der Waals surface area (Å²) in [6, 6.07) is 5.01. The molecule has 30 heavy (non-hydrogen) atoms. The number of carbonyl (C=O) groups excluding carboxylic acids is 1. The summed E-state index contributed by atoms with van der Waals surface area (Å²) in [6.45, 7) is 3.05. The minimum Gasteiger partial charge on any atom is -0.355 e. The third-order valence-corrected chi connectivity index (χ3v) is 4.24. The normalized spacial score (nSPS) is 12.0. The molecule has 0 spiro atoms. The van der Waals surface area contributed by atoms with Crippen LogP contribution in [0.15, 0.2) is 35.6 Å². The first-order valence-electron chi connectivity index (χ1n) is 9.46. The van der Waals surface area contributed by atoms with Crippen LogP contribution < -0.4 is 10.6 Å². The Balaban J connectivity index is 2.05. The van der Waals surface area contributed by atoms with Crippen molar-refractivity contribution in [2.75, 3.05) is 27.2 Å². The Labute approximate surface area is 173 Å². The number of aliphatic imine (C=N–C) groups is 1. The molecule has 2 aromatic rings. The lowest BCUT2D eigenvalue weighted by atomic mass is 10.1. The van der Waals surface area contributed by atoms with E-state index in [0.29, 0.717) is 24.6 Å². The zero-order chi connectivity index (χ0) is 22.1. The first kappa shape index (κ1) is 23.2. The van der Waals surface area contributed by atoms with E-state index in [2.05, 4.69) is 25.8 Å². The maximum atomic E-state index is 12.9. The van der Waals surface area contributed by atoms with Crippen LogP contribution in [0.25, 0.3) is 0 Å². The zero-order valence-electron chi connectivity index (χ0n) is 17.2. The molecule has 0 aliphatic heterocycles. The highest BCUT2D eigenvalue weighted by atomic mass is 19.4. The third kappa shape index (κ3) is 7.05. The Morgan fingerprint density at radius 3 is 2.70 bits per heavy atom. The summed E-state index contributed by atoms with van der Waals surface area (Å²) in [5.74, 6) is 1.01. The molecule has 0 unspecified atom stereocenters. The van der Waals surface area contributed by atoms with Crippen molar-refractivity contribution in [2.45, 2.75) is 32.6 Å². The molecule has 0 atom stereocenters. The molecule has 2 N–H and O–H groups in total. The average Bonchev–Trinajstić information content (AvgIpc) is 3.16. The summed E-state index contributed by atoms with van der Waals surface area (Å²) in [5, 5.41) is 13.9. The largest absolute Gasteiger partial charge is 0.416 e. The molecule has 11 heteroatoms. The van der Waals surface area contributed by atoms with Gasteiger partial charge in [0, 0.05) is 33.6 Å². The number of alkyl halides is 3. The van der Waals surface area contributed by atoms with Crippen molar-refractivity contribution in [2.24, 2.45) is 4.99 Å². The molecule has 0 aliphatic carbocycles. The predicted octanol–water partition coefficient (Wildman–Crippen LogP) is 1.68. The number of nitrogens with one attached hydrogen (secondary N) is 2. The van der Waals surface area contributed by atoms with E-state index in [-0.39, 0.29) is 19.0 Å². The van der Waals surface area contributed by atoms with Gasteiger partial charge in [-0.15, -0.1) is 10.2 Å². The van der Waals surface area contributed by atoms with Crippen LogP contribution in [0.3, 0.4) is 0 Å². The number of halogens is 3. The highest BCUT2D eigenvalue weighted by Crippen LogP contribution is 2.29. The number of carbonyl (C=O) groups is 1. The van der Waals surface area contributed by atoms with E-state index in [1.165, 1.54) is 11.0 Å². The van der Waals surface area contributed by atoms with Crippen LogP contribution in [-0.2, 0) is 30.5 Å². The van der Waals surface area contributed by atoms with Crippen LogP contribution in [0.2, 0.25) is 0 Å². The molecule has 0 bridgehead atoms. The van der Waals surface area contributed by atoms with Crippen LogP contribution in [0, 0.1) is 0 Å². The lowest BCUT2D eigenvalue weighted by Gasteiger charge is -2.15. The fraction of sp³-hybridized carbons (Fsp3) is 0.474. The summed E-state index contributed by atoms with van der Waals surface area (Å²) < 4.78 is 40.6. The van der Waals surface area contributed by atoms with Crippen LogP contribution in [0.5, 0.6) is 0 Å². The highest BCUT2D eigenvalue weighted by Gasteiger charge is 2.30. The molecule has 2 rings (SSSR count). The average molecular weight is 425 g/mol. The maximum absolute atomic E-state index is 12.9. The van der Waals surface area contributed by atoms with Gasteiger partial charge < -0.3 is 20.1 Å². The second-order valence-corrected chi connectivity index (χ2v) is 6.73. The van der Waals surface area contributed by atoms with E-state index >= 15 is 0 Å². The van der Waals surface area contributed by atoms with E-state index in [1.807, 2.05) is 11.5 Å². The predicted molar refractivity (Wildman–Crippen MR) is 107 cm³/mol. The first-order chi connectivity index (χ1) is 14.2. The topological polar surface area (TPSA) is 87.4 Å². The summed E-state index contributed by atoms with van der Waals surface area (Å²) in [6.07, 6.45) is -2.04. The van der Waals surface area contributed by atoms with Gasteiger partial charge in [-0.25, -0.2) is 4.99 Å². The van der Waals surface area contributed by atoms with Crippen molar-refractivity contribution >= 4 is 11.9 Å². The van der Waals surface area contributed by atoms with E-state index < -0.39 is 11.7 Å². The van der Waals surface area contributed by atoms with Crippen molar-refractivity contribution in [1.29, 1.82) is 0 Å². The number of hydrogen-bond donors (Lipinski definition) is 2. The Hall–Kier alpha value is -3.11. The van der Waals surface area contributed by atoms with Crippen LogP contribution in [0.1, 0.15) is 23.9 Å². The molecule has 0 aliphatic rings. The molecule has 0 saturated heterocycles. The first-order valence-corrected chi connectivity index (χ1v) is 9.46. The number of hydrogen-bond acceptors (Lipinski definition) is 4. The minimum absolute atomic E-state index is 0.00820. The van der Waals surface area contributed by atoms with E-state index in [0.717, 1.165) is 24.4 Å². The molecule has 1 aromatic carbocycles. The number of benzene rings is 1. The Morgan fingerprint density at radius 1 is 1.27 bits per heavy atom. The van der Waals surface area contributed by atoms with Gasteiger partial charge in [-0.05, 0) is 17.7 Å². The zero-order valence-corrected chi connectivity index (χ0v) is 17.2. The fourth-order valence-corrected chi connectivity index (χ4v) is 2.54. The highest BCUT2D eigenvalue weighted by molar-refractivity contribution is 5.86. The molecule has 1 amide bonds. The van der Waals surface area contributed by atoms with Crippen molar-refractivity contribution in [3.8, 4) is 0 Å². The van der Waals surface area contributed by atoms with Gasteiger partial charge in [0.1, 0.15) is 12.2 Å². The van der Waals surface area contributed by atoms with Gasteiger partial charge in [0.05, 0.1) is 18.7 Å². The SMILES string of the molecule is CCc1nncn1CCNC(=NCc1cccc(C(F)(F)F)c1)NCC(=O)N(C)C. The summed E-state index contributed by atoms with van der Waals surface area (Å²) >= 11 is 0. The second kappa shape index (κ2) is 10.6. The fourth-order valence-electron chi connectivity index (χ4n) is 2.54. The van der Waals surface area contributed by atoms with Crippen LogP contribution >= 0.6 is 0 Å². The molecule has 8 nitrogen and oxygen atoms in total.